The molecule has 0 aromatic rings. The normalized spacial score (nSPS) is 30.2. The first-order chi connectivity index (χ1) is 25.7. The van der Waals surface area contributed by atoms with Crippen molar-refractivity contribution in [3.05, 3.63) is 23.8 Å². The molecular formula is C51H90O2. The zero-order valence-corrected chi connectivity index (χ0v) is 36.5. The molecule has 0 saturated heterocycles. The average molecular weight is 735 g/mol. The van der Waals surface area contributed by atoms with Crippen molar-refractivity contribution in [2.75, 3.05) is 0 Å². The van der Waals surface area contributed by atoms with E-state index in [0.717, 1.165) is 61.2 Å². The molecule has 306 valence electrons. The maximum absolute atomic E-state index is 12.9. The molecule has 3 saturated carbocycles. The standard InChI is InChI=1S/C51H90O2/c1-7-8-9-10-11-12-13-14-15-16-17-18-19-20-21-22-23-24-25-26-27-31-49(52)53-44-36-38-50(5)43(40-44)32-33-45-47-35-34-46(42(4)30-28-29-41(2)3)51(47,6)39-37-48(45)50/h24-25,32,41-42,44-48H,7-23,26-31,33-40H2,1-6H3/b25-24+/t42-,44+,45+,46-,47+,48+,50+,51-/m1/s1. The summed E-state index contributed by atoms with van der Waals surface area (Å²) in [6, 6.07) is 0. The zero-order chi connectivity index (χ0) is 37.9. The molecule has 0 bridgehead atoms. The SMILES string of the molecule is CCCCCCCCCCCCCCCCCC/C=C/CCCC(=O)O[C@H]1CC[C@@]2(C)C(=CC[C@H]3[C@@H]4CC[C@H]([C@H](C)CCCC(C)C)[C@@]4(C)CC[C@@H]32)C1. The molecule has 0 spiro atoms. The molecular weight excluding hydrogens is 645 g/mol. The summed E-state index contributed by atoms with van der Waals surface area (Å²) in [6.07, 6.45) is 48.4. The van der Waals surface area contributed by atoms with Gasteiger partial charge in [0.15, 0.2) is 0 Å². The van der Waals surface area contributed by atoms with Gasteiger partial charge in [-0.2, -0.15) is 0 Å². The van der Waals surface area contributed by atoms with Crippen LogP contribution in [0.15, 0.2) is 23.8 Å². The predicted molar refractivity (Wildman–Crippen MR) is 230 cm³/mol. The molecule has 4 aliphatic rings. The Balaban J connectivity index is 1.02. The van der Waals surface area contributed by atoms with Crippen molar-refractivity contribution in [1.82, 2.24) is 0 Å². The zero-order valence-electron chi connectivity index (χ0n) is 36.5. The number of hydrogen-bond donors (Lipinski definition) is 0. The maximum Gasteiger partial charge on any atom is 0.306 e. The summed E-state index contributed by atoms with van der Waals surface area (Å²) >= 11 is 0. The van der Waals surface area contributed by atoms with Gasteiger partial charge in [-0.05, 0) is 117 Å². The van der Waals surface area contributed by atoms with E-state index in [2.05, 4.69) is 59.8 Å². The highest BCUT2D eigenvalue weighted by Gasteiger charge is 2.59. The quantitative estimate of drug-likeness (QED) is 0.0477. The fourth-order valence-corrected chi connectivity index (χ4v) is 12.4. The molecule has 0 aromatic heterocycles. The van der Waals surface area contributed by atoms with Gasteiger partial charge < -0.3 is 4.74 Å². The van der Waals surface area contributed by atoms with E-state index >= 15 is 0 Å². The number of allylic oxidation sites excluding steroid dienone is 3. The predicted octanol–water partition coefficient (Wildman–Crippen LogP) is 16.3. The smallest absolute Gasteiger partial charge is 0.306 e. The van der Waals surface area contributed by atoms with E-state index in [4.69, 9.17) is 4.74 Å². The summed E-state index contributed by atoms with van der Waals surface area (Å²) in [5.74, 6) is 5.28. The number of unbranched alkanes of at least 4 members (excludes halogenated alkanes) is 17. The summed E-state index contributed by atoms with van der Waals surface area (Å²) in [6.45, 7) is 15.0. The van der Waals surface area contributed by atoms with Crippen molar-refractivity contribution in [2.24, 2.45) is 46.3 Å². The van der Waals surface area contributed by atoms with Gasteiger partial charge in [0.1, 0.15) is 6.10 Å². The molecule has 0 unspecified atom stereocenters. The van der Waals surface area contributed by atoms with E-state index in [9.17, 15) is 4.79 Å². The van der Waals surface area contributed by atoms with Crippen molar-refractivity contribution >= 4 is 5.97 Å². The van der Waals surface area contributed by atoms with Gasteiger partial charge in [0.2, 0.25) is 0 Å². The molecule has 3 fully saturated rings. The van der Waals surface area contributed by atoms with E-state index in [1.807, 2.05) is 0 Å². The van der Waals surface area contributed by atoms with Crippen LogP contribution in [0, 0.1) is 46.3 Å². The summed E-state index contributed by atoms with van der Waals surface area (Å²) in [7, 11) is 0. The Hall–Kier alpha value is -1.05. The number of carbonyl (C=O) groups excluding carboxylic acids is 1. The molecule has 2 heteroatoms. The Morgan fingerprint density at radius 2 is 1.32 bits per heavy atom. The molecule has 4 aliphatic carbocycles. The van der Waals surface area contributed by atoms with Crippen LogP contribution in [-0.4, -0.2) is 12.1 Å². The van der Waals surface area contributed by atoms with Gasteiger partial charge in [-0.15, -0.1) is 0 Å². The molecule has 0 amide bonds. The van der Waals surface area contributed by atoms with Crippen LogP contribution < -0.4 is 0 Å². The summed E-state index contributed by atoms with van der Waals surface area (Å²) in [5, 5.41) is 0. The van der Waals surface area contributed by atoms with Crippen molar-refractivity contribution in [1.29, 1.82) is 0 Å². The van der Waals surface area contributed by atoms with Gasteiger partial charge in [-0.3, -0.25) is 4.79 Å². The highest BCUT2D eigenvalue weighted by molar-refractivity contribution is 5.69. The third-order valence-electron chi connectivity index (χ3n) is 15.7. The first kappa shape index (κ1) is 44.7. The molecule has 0 N–H and O–H groups in total. The maximum atomic E-state index is 12.9. The minimum absolute atomic E-state index is 0.0343. The van der Waals surface area contributed by atoms with E-state index in [-0.39, 0.29) is 12.1 Å². The van der Waals surface area contributed by atoms with Gasteiger partial charge in [-0.25, -0.2) is 0 Å². The fourth-order valence-electron chi connectivity index (χ4n) is 12.4. The first-order valence-corrected chi connectivity index (χ1v) is 24.2. The van der Waals surface area contributed by atoms with E-state index in [0.29, 0.717) is 17.3 Å². The third-order valence-corrected chi connectivity index (χ3v) is 15.7. The van der Waals surface area contributed by atoms with Crippen molar-refractivity contribution in [3.63, 3.8) is 0 Å². The number of rotatable bonds is 27. The summed E-state index contributed by atoms with van der Waals surface area (Å²) in [5.41, 5.74) is 2.51. The van der Waals surface area contributed by atoms with Gasteiger partial charge in [0, 0.05) is 12.8 Å². The van der Waals surface area contributed by atoms with Crippen LogP contribution in [0.1, 0.15) is 241 Å². The molecule has 0 aliphatic heterocycles. The fraction of sp³-hybridized carbons (Fsp3) is 0.902. The van der Waals surface area contributed by atoms with Crippen LogP contribution in [0.2, 0.25) is 0 Å². The molecule has 2 nitrogen and oxygen atoms in total. The van der Waals surface area contributed by atoms with E-state index < -0.39 is 0 Å². The molecule has 0 radical (unpaired) electrons. The largest absolute Gasteiger partial charge is 0.462 e. The lowest BCUT2D eigenvalue weighted by Gasteiger charge is -2.58. The number of hydrogen-bond acceptors (Lipinski definition) is 2. The third kappa shape index (κ3) is 13.8. The lowest BCUT2D eigenvalue weighted by Crippen LogP contribution is -2.51. The minimum Gasteiger partial charge on any atom is -0.462 e. The van der Waals surface area contributed by atoms with Crippen LogP contribution >= 0.6 is 0 Å². The second-order valence-corrected chi connectivity index (χ2v) is 20.1. The number of fused-ring (bicyclic) bond motifs is 5. The van der Waals surface area contributed by atoms with E-state index in [1.165, 1.54) is 167 Å². The van der Waals surface area contributed by atoms with Gasteiger partial charge in [0.05, 0.1) is 0 Å². The molecule has 8 atom stereocenters. The van der Waals surface area contributed by atoms with Crippen LogP contribution in [0.25, 0.3) is 0 Å². The Bertz CT molecular complexity index is 1070. The summed E-state index contributed by atoms with van der Waals surface area (Å²) in [4.78, 5) is 12.9. The van der Waals surface area contributed by atoms with Gasteiger partial charge in [0.25, 0.3) is 0 Å². The second-order valence-electron chi connectivity index (χ2n) is 20.1. The average Bonchev–Trinajstić information content (AvgIpc) is 3.49. The van der Waals surface area contributed by atoms with Crippen molar-refractivity contribution in [2.45, 2.75) is 247 Å². The lowest BCUT2D eigenvalue weighted by atomic mass is 9.47. The Morgan fingerprint density at radius 3 is 1.94 bits per heavy atom. The molecule has 0 aromatic carbocycles. The van der Waals surface area contributed by atoms with Crippen molar-refractivity contribution < 1.29 is 9.53 Å². The number of ether oxygens (including phenoxy) is 1. The Morgan fingerprint density at radius 1 is 0.717 bits per heavy atom. The lowest BCUT2D eigenvalue weighted by molar-refractivity contribution is -0.151. The van der Waals surface area contributed by atoms with Crippen LogP contribution in [-0.2, 0) is 9.53 Å². The highest BCUT2D eigenvalue weighted by Crippen LogP contribution is 2.67. The Labute approximate surface area is 331 Å². The minimum atomic E-state index is 0.0343. The Kier molecular flexibility index (Phi) is 20.1. The summed E-state index contributed by atoms with van der Waals surface area (Å²) < 4.78 is 6.13. The van der Waals surface area contributed by atoms with E-state index in [1.54, 1.807) is 5.57 Å². The van der Waals surface area contributed by atoms with Crippen LogP contribution in [0.4, 0.5) is 0 Å². The van der Waals surface area contributed by atoms with Crippen LogP contribution in [0.3, 0.4) is 0 Å². The molecule has 4 rings (SSSR count). The number of carbonyl (C=O) groups is 1. The monoisotopic (exact) mass is 735 g/mol. The van der Waals surface area contributed by atoms with Gasteiger partial charge >= 0.3 is 5.97 Å². The topological polar surface area (TPSA) is 26.3 Å². The van der Waals surface area contributed by atoms with Crippen molar-refractivity contribution in [3.8, 4) is 0 Å². The molecule has 0 heterocycles. The highest BCUT2D eigenvalue weighted by atomic mass is 16.5. The molecule has 53 heavy (non-hydrogen) atoms. The second kappa shape index (κ2) is 23.9. The number of esters is 1. The van der Waals surface area contributed by atoms with Gasteiger partial charge in [-0.1, -0.05) is 181 Å². The van der Waals surface area contributed by atoms with Crippen LogP contribution in [0.5, 0.6) is 0 Å². The first-order valence-electron chi connectivity index (χ1n) is 24.2.